The lowest BCUT2D eigenvalue weighted by atomic mass is 9.71. The van der Waals surface area contributed by atoms with Crippen molar-refractivity contribution in [1.29, 1.82) is 0 Å². The second-order valence-electron chi connectivity index (χ2n) is 14.2. The molecule has 9 nitrogen and oxygen atoms in total. The number of nitrogens with zero attached hydrogens (tertiary/aromatic N) is 2. The van der Waals surface area contributed by atoms with Crippen molar-refractivity contribution in [2.75, 3.05) is 19.6 Å². The number of likely N-dealkylation sites (tertiary alicyclic amines) is 1. The van der Waals surface area contributed by atoms with Crippen molar-refractivity contribution < 1.29 is 19.8 Å². The molecular weight excluding hydrogens is 612 g/mol. The number of aryl methyl sites for hydroxylation is 1. The van der Waals surface area contributed by atoms with Gasteiger partial charge in [-0.15, -0.1) is 11.3 Å². The number of aromatic nitrogens is 2. The number of carbonyl (C=O) groups excluding carboxylic acids is 1. The number of fused-ring (bicyclic) bond motifs is 2. The standard InChI is InChI=1S/C36H44N4O3S.CH2O2/c1-35(2,3)28-10-11-29-26(20-28)19-27-21-31(44-34(27)39-29)33(42)38-30(13-16-40-17-14-36(4,43)15-18-40)24-7-5-23(6-8-24)25-9-12-32(41)37-22-25;2-1-3/h5-9,12,19,21-22,28,30,43H,10-11,13-18,20H2,1-4H3,(H,37,41)(H,38,42);1H,(H,2,3)/t28-,30+;/m0./s1. The van der Waals surface area contributed by atoms with E-state index in [0.29, 0.717) is 10.8 Å². The summed E-state index contributed by atoms with van der Waals surface area (Å²) in [7, 11) is 0. The zero-order valence-corrected chi connectivity index (χ0v) is 28.5. The number of hydrogen-bond donors (Lipinski definition) is 4. The molecule has 0 spiro atoms. The Morgan fingerprint density at radius 1 is 1.15 bits per heavy atom. The predicted octanol–water partition coefficient (Wildman–Crippen LogP) is 6.21. The van der Waals surface area contributed by atoms with E-state index in [4.69, 9.17) is 14.9 Å². The molecule has 4 N–H and O–H groups in total. The molecule has 47 heavy (non-hydrogen) atoms. The Kier molecular flexibility index (Phi) is 10.6. The lowest BCUT2D eigenvalue weighted by Gasteiger charge is -2.36. The first-order chi connectivity index (χ1) is 22.3. The average Bonchev–Trinajstić information content (AvgIpc) is 3.46. The van der Waals surface area contributed by atoms with Crippen LogP contribution in [0.25, 0.3) is 21.3 Å². The first-order valence-corrected chi connectivity index (χ1v) is 17.2. The molecule has 10 heteroatoms. The van der Waals surface area contributed by atoms with Crippen molar-refractivity contribution in [3.8, 4) is 11.1 Å². The van der Waals surface area contributed by atoms with Crippen molar-refractivity contribution in [3.63, 3.8) is 0 Å². The molecule has 6 rings (SSSR count). The van der Waals surface area contributed by atoms with E-state index in [1.807, 2.05) is 31.2 Å². The third kappa shape index (κ3) is 8.74. The molecule has 1 amide bonds. The first-order valence-electron chi connectivity index (χ1n) is 16.4. The van der Waals surface area contributed by atoms with Crippen LogP contribution in [0.15, 0.2) is 59.5 Å². The first kappa shape index (κ1) is 34.5. The van der Waals surface area contributed by atoms with Crippen LogP contribution in [-0.4, -0.2) is 62.7 Å². The molecule has 1 saturated heterocycles. The summed E-state index contributed by atoms with van der Waals surface area (Å²) in [6.45, 7) is 11.2. The van der Waals surface area contributed by atoms with Crippen LogP contribution in [0.2, 0.25) is 0 Å². The van der Waals surface area contributed by atoms with Crippen LogP contribution in [0.4, 0.5) is 0 Å². The lowest BCUT2D eigenvalue weighted by molar-refractivity contribution is -0.122. The van der Waals surface area contributed by atoms with Gasteiger partial charge < -0.3 is 25.4 Å². The molecular formula is C37H46N4O5S. The van der Waals surface area contributed by atoms with Crippen molar-refractivity contribution in [3.05, 3.63) is 86.8 Å². The summed E-state index contributed by atoms with van der Waals surface area (Å²) in [5.41, 5.74) is 5.04. The number of aliphatic hydroxyl groups is 1. The molecule has 250 valence electrons. The van der Waals surface area contributed by atoms with Crippen LogP contribution in [0.3, 0.4) is 0 Å². The maximum Gasteiger partial charge on any atom is 0.290 e. The molecule has 3 aromatic heterocycles. The number of carbonyl (C=O) groups is 2. The predicted molar refractivity (Wildman–Crippen MR) is 187 cm³/mol. The van der Waals surface area contributed by atoms with E-state index in [2.05, 4.69) is 54.2 Å². The van der Waals surface area contributed by atoms with E-state index in [9.17, 15) is 14.7 Å². The second-order valence-corrected chi connectivity index (χ2v) is 15.3. The number of piperidine rings is 1. The van der Waals surface area contributed by atoms with Crippen LogP contribution in [-0.2, 0) is 17.6 Å². The molecule has 0 radical (unpaired) electrons. The van der Waals surface area contributed by atoms with E-state index in [0.717, 1.165) is 85.1 Å². The Morgan fingerprint density at radius 3 is 2.47 bits per heavy atom. The molecule has 0 bridgehead atoms. The Balaban J connectivity index is 0.00000139. The molecule has 0 unspecified atom stereocenters. The molecule has 2 atom stereocenters. The maximum absolute atomic E-state index is 13.8. The van der Waals surface area contributed by atoms with Gasteiger partial charge >= 0.3 is 0 Å². The van der Waals surface area contributed by atoms with Gasteiger partial charge in [0.1, 0.15) is 4.83 Å². The van der Waals surface area contributed by atoms with Gasteiger partial charge in [-0.05, 0) is 97.2 Å². The van der Waals surface area contributed by atoms with Crippen LogP contribution < -0.4 is 10.9 Å². The number of pyridine rings is 2. The third-order valence-corrected chi connectivity index (χ3v) is 10.8. The number of amides is 1. The number of nitrogens with one attached hydrogen (secondary N) is 2. The largest absolute Gasteiger partial charge is 0.483 e. The number of aromatic amines is 1. The van der Waals surface area contributed by atoms with Gasteiger partial charge in [-0.3, -0.25) is 14.4 Å². The number of rotatable bonds is 7. The minimum atomic E-state index is -0.593. The van der Waals surface area contributed by atoms with Crippen LogP contribution in [0.5, 0.6) is 0 Å². The molecule has 1 aliphatic heterocycles. The number of benzene rings is 1. The Bertz CT molecular complexity index is 1720. The average molecular weight is 659 g/mol. The zero-order valence-electron chi connectivity index (χ0n) is 27.7. The summed E-state index contributed by atoms with van der Waals surface area (Å²) in [6.07, 6.45) is 7.19. The number of hydrogen-bond acceptors (Lipinski definition) is 7. The zero-order chi connectivity index (χ0) is 33.8. The highest BCUT2D eigenvalue weighted by Crippen LogP contribution is 2.38. The lowest BCUT2D eigenvalue weighted by Crippen LogP contribution is -2.43. The molecule has 4 heterocycles. The SMILES string of the molecule is CC1(O)CCN(CC[C@@H](NC(=O)c2cc3cc4c(nc3s2)CC[C@H](C(C)(C)C)C4)c2ccc(-c3ccc(=O)[nH]c3)cc2)CC1.O=CO. The summed E-state index contributed by atoms with van der Waals surface area (Å²) in [5, 5.41) is 21.7. The normalized spacial score (nSPS) is 18.4. The fourth-order valence-electron chi connectivity index (χ4n) is 6.59. The van der Waals surface area contributed by atoms with E-state index in [1.165, 1.54) is 28.7 Å². The summed E-state index contributed by atoms with van der Waals surface area (Å²) < 4.78 is 0. The van der Waals surface area contributed by atoms with E-state index >= 15 is 0 Å². The minimum Gasteiger partial charge on any atom is -0.483 e. The van der Waals surface area contributed by atoms with Gasteiger partial charge in [-0.25, -0.2) is 4.98 Å². The van der Waals surface area contributed by atoms with Gasteiger partial charge in [0.05, 0.1) is 16.5 Å². The minimum absolute atomic E-state index is 0.0742. The molecule has 1 aliphatic carbocycles. The fraction of sp³-hybridized carbons (Fsp3) is 0.459. The van der Waals surface area contributed by atoms with Crippen molar-refractivity contribution in [2.24, 2.45) is 11.3 Å². The quantitative estimate of drug-likeness (QED) is 0.173. The van der Waals surface area contributed by atoms with Crippen molar-refractivity contribution >= 4 is 33.9 Å². The highest BCUT2D eigenvalue weighted by atomic mass is 32.1. The smallest absolute Gasteiger partial charge is 0.290 e. The molecule has 0 saturated carbocycles. The Labute approximate surface area is 280 Å². The van der Waals surface area contributed by atoms with E-state index in [1.54, 1.807) is 6.20 Å². The fourth-order valence-corrected chi connectivity index (χ4v) is 7.53. The van der Waals surface area contributed by atoms with E-state index < -0.39 is 5.60 Å². The molecule has 1 fully saturated rings. The van der Waals surface area contributed by atoms with Crippen LogP contribution in [0, 0.1) is 11.3 Å². The van der Waals surface area contributed by atoms with Gasteiger partial charge in [0.15, 0.2) is 0 Å². The number of thiophene rings is 1. The molecule has 4 aromatic rings. The summed E-state index contributed by atoms with van der Waals surface area (Å²) in [5.74, 6) is 0.563. The summed E-state index contributed by atoms with van der Waals surface area (Å²) in [4.78, 5) is 45.4. The van der Waals surface area contributed by atoms with Crippen LogP contribution >= 0.6 is 11.3 Å². The van der Waals surface area contributed by atoms with E-state index in [-0.39, 0.29) is 29.4 Å². The monoisotopic (exact) mass is 658 g/mol. The van der Waals surface area contributed by atoms with Gasteiger partial charge in [0.2, 0.25) is 5.56 Å². The topological polar surface area (TPSA) is 136 Å². The number of H-pyrrole nitrogens is 1. The number of carboxylic acid groups (broad SMARTS) is 1. The van der Waals surface area contributed by atoms with Gasteiger partial charge in [0, 0.05) is 43.0 Å². The highest BCUT2D eigenvalue weighted by molar-refractivity contribution is 7.20. The Hall–Kier alpha value is -3.86. The van der Waals surface area contributed by atoms with Gasteiger partial charge in [-0.1, -0.05) is 45.0 Å². The summed E-state index contributed by atoms with van der Waals surface area (Å²) in [6, 6.07) is 15.7. The Morgan fingerprint density at radius 2 is 1.83 bits per heavy atom. The maximum atomic E-state index is 13.8. The van der Waals surface area contributed by atoms with Crippen LogP contribution in [0.1, 0.15) is 85.9 Å². The van der Waals surface area contributed by atoms with Gasteiger partial charge in [0.25, 0.3) is 12.4 Å². The van der Waals surface area contributed by atoms with Crippen molar-refractivity contribution in [2.45, 2.75) is 77.9 Å². The molecule has 2 aliphatic rings. The van der Waals surface area contributed by atoms with Crippen molar-refractivity contribution in [1.82, 2.24) is 20.2 Å². The highest BCUT2D eigenvalue weighted by Gasteiger charge is 2.30. The van der Waals surface area contributed by atoms with Gasteiger partial charge in [-0.2, -0.15) is 0 Å². The third-order valence-electron chi connectivity index (χ3n) is 9.72. The summed E-state index contributed by atoms with van der Waals surface area (Å²) >= 11 is 1.48. The molecule has 1 aromatic carbocycles. The second kappa shape index (κ2) is 14.5.